The molecule has 12 heteroatoms. The van der Waals surface area contributed by atoms with Crippen LogP contribution >= 0.6 is 0 Å². The molecule has 7 rings (SSSR count). The van der Waals surface area contributed by atoms with Crippen molar-refractivity contribution in [3.63, 3.8) is 0 Å². The summed E-state index contributed by atoms with van der Waals surface area (Å²) in [5, 5.41) is 2.72. The third-order valence-electron chi connectivity index (χ3n) is 7.12. The van der Waals surface area contributed by atoms with Crippen LogP contribution in [0.25, 0.3) is 34.2 Å². The topological polar surface area (TPSA) is 144 Å². The van der Waals surface area contributed by atoms with Crippen molar-refractivity contribution in [2.75, 3.05) is 13.1 Å². The fourth-order valence-corrected chi connectivity index (χ4v) is 4.64. The fraction of sp³-hybridized carbons (Fsp3) is 0.125. The number of hydrogen-bond donors (Lipinski definition) is 1. The van der Waals surface area contributed by atoms with E-state index in [0.717, 1.165) is 62.3 Å². The number of hydrogen-bond acceptors (Lipinski definition) is 9. The van der Waals surface area contributed by atoms with E-state index in [1.54, 1.807) is 37.2 Å². The first-order valence-electron chi connectivity index (χ1n) is 15.8. The van der Waals surface area contributed by atoms with Gasteiger partial charge < -0.3 is 5.32 Å². The number of carbonyl (C=O) groups is 3. The molecule has 0 aliphatic carbocycles. The second-order valence-corrected chi connectivity index (χ2v) is 10.8. The monoisotopic (exact) mass is 780 g/mol. The summed E-state index contributed by atoms with van der Waals surface area (Å²) in [6.45, 7) is 2.13. The Balaban J connectivity index is 0.000000233. The maximum absolute atomic E-state index is 11.9. The Morgan fingerprint density at radius 1 is 0.577 bits per heavy atom. The van der Waals surface area contributed by atoms with Crippen molar-refractivity contribution in [1.29, 1.82) is 0 Å². The van der Waals surface area contributed by atoms with Crippen LogP contribution in [0.2, 0.25) is 0 Å². The van der Waals surface area contributed by atoms with Gasteiger partial charge in [0.2, 0.25) is 5.91 Å². The zero-order chi connectivity index (χ0) is 35.0. The van der Waals surface area contributed by atoms with Crippen LogP contribution < -0.4 is 5.32 Å². The van der Waals surface area contributed by atoms with Crippen LogP contribution in [0.5, 0.6) is 0 Å². The Kier molecular flexibility index (Phi) is 16.4. The van der Waals surface area contributed by atoms with E-state index < -0.39 is 11.8 Å². The molecule has 0 aromatic carbocycles. The number of aryl methyl sites for hydroxylation is 1. The molecule has 0 saturated carbocycles. The van der Waals surface area contributed by atoms with Crippen molar-refractivity contribution in [1.82, 2.24) is 40.1 Å². The zero-order valence-corrected chi connectivity index (χ0v) is 29.4. The van der Waals surface area contributed by atoms with Crippen LogP contribution in [0.3, 0.4) is 0 Å². The van der Waals surface area contributed by atoms with Crippen molar-refractivity contribution in [3.05, 3.63) is 158 Å². The Morgan fingerprint density at radius 3 is 1.42 bits per heavy atom. The number of aromatic nitrogens is 6. The third-order valence-corrected chi connectivity index (χ3v) is 7.12. The number of imide groups is 1. The summed E-state index contributed by atoms with van der Waals surface area (Å²) < 4.78 is 0. The average molecular weight is 780 g/mol. The molecule has 0 fully saturated rings. The molecule has 1 N–H and O–H groups in total. The molecular weight excluding hydrogens is 742 g/mol. The van der Waals surface area contributed by atoms with Gasteiger partial charge >= 0.3 is 0 Å². The number of amides is 3. The van der Waals surface area contributed by atoms with E-state index in [1.165, 1.54) is 0 Å². The van der Waals surface area contributed by atoms with Gasteiger partial charge in [-0.1, -0.05) is 31.7 Å². The Morgan fingerprint density at radius 2 is 1.00 bits per heavy atom. The standard InChI is InChI=1S/C19H18N4O3.2C10H8N2.CH4.Ru/c1-13-4-7-20-15(10-13)16-11-14(5-8-21-16)6-9-22-17(24)12-23-18(25)2-3-19(23)26;2*1-3-7-11-9(5-1)10-6-2-4-8-12-10;;/h2-5,7-8,10-11H,6,9,12H2,1H3,(H,22,24);2*1-8H;1H4;. The van der Waals surface area contributed by atoms with E-state index in [2.05, 4.69) is 35.2 Å². The number of pyridine rings is 6. The first-order valence-corrected chi connectivity index (χ1v) is 15.8. The van der Waals surface area contributed by atoms with Crippen LogP contribution in [0, 0.1) is 6.92 Å². The van der Waals surface area contributed by atoms with Gasteiger partial charge in [-0.05, 0) is 97.3 Å². The quantitative estimate of drug-likeness (QED) is 0.146. The Hall–Kier alpha value is -6.13. The van der Waals surface area contributed by atoms with E-state index >= 15 is 0 Å². The summed E-state index contributed by atoms with van der Waals surface area (Å²) in [5.41, 5.74) is 7.35. The fourth-order valence-electron chi connectivity index (χ4n) is 4.64. The smallest absolute Gasteiger partial charge is 0.254 e. The SMILES string of the molecule is C.Cc1ccnc(-c2cc(CCNC(=O)CN3C(=O)C=CC3=O)ccn2)c1.[Ru].c1ccc(-c2ccccn2)nc1.c1ccc(-c2ccccn2)nc1. The number of nitrogens with one attached hydrogen (secondary N) is 1. The molecule has 0 saturated heterocycles. The van der Waals surface area contributed by atoms with E-state index in [9.17, 15) is 14.4 Å². The van der Waals surface area contributed by atoms with E-state index in [0.29, 0.717) is 13.0 Å². The first kappa shape index (κ1) is 40.3. The maximum atomic E-state index is 11.9. The maximum Gasteiger partial charge on any atom is 0.254 e. The van der Waals surface area contributed by atoms with Gasteiger partial charge in [0.15, 0.2) is 0 Å². The largest absolute Gasteiger partial charge is 0.354 e. The van der Waals surface area contributed by atoms with Gasteiger partial charge in [-0.2, -0.15) is 0 Å². The molecule has 1 aliphatic heterocycles. The van der Waals surface area contributed by atoms with E-state index in [-0.39, 0.29) is 39.4 Å². The van der Waals surface area contributed by atoms with E-state index in [1.807, 2.05) is 104 Å². The van der Waals surface area contributed by atoms with Gasteiger partial charge in [-0.15, -0.1) is 0 Å². The molecule has 6 aromatic rings. The molecule has 0 spiro atoms. The van der Waals surface area contributed by atoms with Gasteiger partial charge in [-0.3, -0.25) is 49.2 Å². The molecule has 264 valence electrons. The zero-order valence-electron chi connectivity index (χ0n) is 27.7. The molecule has 0 radical (unpaired) electrons. The number of carbonyl (C=O) groups excluding carboxylic acids is 3. The number of nitrogens with zero attached hydrogens (tertiary/aromatic N) is 7. The molecule has 7 heterocycles. The predicted octanol–water partition coefficient (Wildman–Crippen LogP) is 5.96. The summed E-state index contributed by atoms with van der Waals surface area (Å²) in [5.74, 6) is -1.30. The van der Waals surface area contributed by atoms with Gasteiger partial charge in [0.05, 0.1) is 34.2 Å². The molecule has 52 heavy (non-hydrogen) atoms. The third kappa shape index (κ3) is 12.3. The van der Waals surface area contributed by atoms with Crippen molar-refractivity contribution >= 4 is 17.7 Å². The van der Waals surface area contributed by atoms with Crippen LogP contribution in [0.15, 0.2) is 146 Å². The minimum atomic E-state index is -0.463. The molecular formula is C40H38N8O3Ru. The Labute approximate surface area is 316 Å². The van der Waals surface area contributed by atoms with Gasteiger partial charge in [0.1, 0.15) is 6.54 Å². The molecule has 0 atom stereocenters. The minimum Gasteiger partial charge on any atom is -0.354 e. The molecule has 0 bridgehead atoms. The van der Waals surface area contributed by atoms with Crippen molar-refractivity contribution in [2.45, 2.75) is 20.8 Å². The Bertz CT molecular complexity index is 1870. The van der Waals surface area contributed by atoms with Gasteiger partial charge in [0.25, 0.3) is 11.8 Å². The predicted molar refractivity (Wildman–Crippen MR) is 196 cm³/mol. The number of rotatable bonds is 8. The summed E-state index contributed by atoms with van der Waals surface area (Å²) >= 11 is 0. The summed E-state index contributed by atoms with van der Waals surface area (Å²) in [7, 11) is 0. The molecule has 3 amide bonds. The summed E-state index contributed by atoms with van der Waals surface area (Å²) in [4.78, 5) is 61.1. The minimum absolute atomic E-state index is 0. The normalized spacial score (nSPS) is 11.1. The average Bonchev–Trinajstić information content (AvgIpc) is 3.49. The molecule has 0 unspecified atom stereocenters. The first-order chi connectivity index (χ1) is 24.5. The van der Waals surface area contributed by atoms with Gasteiger partial charge in [-0.25, -0.2) is 0 Å². The second-order valence-electron chi connectivity index (χ2n) is 10.8. The van der Waals surface area contributed by atoms with Crippen LogP contribution in [0.4, 0.5) is 0 Å². The molecule has 6 aromatic heterocycles. The van der Waals surface area contributed by atoms with Crippen molar-refractivity contribution < 1.29 is 33.9 Å². The van der Waals surface area contributed by atoms with Crippen molar-refractivity contribution in [3.8, 4) is 34.2 Å². The van der Waals surface area contributed by atoms with Crippen molar-refractivity contribution in [2.24, 2.45) is 0 Å². The summed E-state index contributed by atoms with van der Waals surface area (Å²) in [6.07, 6.45) is 13.5. The molecule has 11 nitrogen and oxygen atoms in total. The van der Waals surface area contributed by atoms with Crippen LogP contribution in [-0.2, 0) is 40.3 Å². The second kappa shape index (κ2) is 21.2. The van der Waals surface area contributed by atoms with E-state index in [4.69, 9.17) is 0 Å². The summed E-state index contributed by atoms with van der Waals surface area (Å²) in [6, 6.07) is 30.9. The van der Waals surface area contributed by atoms with Crippen LogP contribution in [-0.4, -0.2) is 65.6 Å². The molecule has 1 aliphatic rings. The van der Waals surface area contributed by atoms with Gasteiger partial charge in [0, 0.05) is 75.4 Å². The van der Waals surface area contributed by atoms with Crippen LogP contribution in [0.1, 0.15) is 18.6 Å².